The zero-order valence-electron chi connectivity index (χ0n) is 19.7. The summed E-state index contributed by atoms with van der Waals surface area (Å²) in [5, 5.41) is 1.90. The molecule has 0 aromatic heterocycles. The van der Waals surface area contributed by atoms with Gasteiger partial charge in [-0.3, -0.25) is 0 Å². The van der Waals surface area contributed by atoms with Gasteiger partial charge in [-0.05, 0) is 58.4 Å². The Hall–Kier alpha value is 0.310. The van der Waals surface area contributed by atoms with Crippen LogP contribution in [0.3, 0.4) is 0 Å². The lowest BCUT2D eigenvalue weighted by Crippen LogP contribution is -2.41. The highest BCUT2D eigenvalue weighted by atomic mass is 32.2. The first-order valence-electron chi connectivity index (χ1n) is 13.7. The summed E-state index contributed by atoms with van der Waals surface area (Å²) in [6, 6.07) is 1.72. The molecule has 4 atom stereocenters. The van der Waals surface area contributed by atoms with Crippen molar-refractivity contribution in [2.45, 2.75) is 164 Å². The molecule has 4 unspecified atom stereocenters. The van der Waals surface area contributed by atoms with E-state index in [-0.39, 0.29) is 0 Å². The van der Waals surface area contributed by atoms with Crippen molar-refractivity contribution in [2.75, 3.05) is 7.05 Å². The molecule has 0 aromatic rings. The van der Waals surface area contributed by atoms with Gasteiger partial charge in [0.25, 0.3) is 0 Å². The molecule has 1 heterocycles. The molecule has 1 aliphatic heterocycles. The van der Waals surface area contributed by atoms with Crippen molar-refractivity contribution >= 4 is 11.8 Å². The van der Waals surface area contributed by atoms with Gasteiger partial charge < -0.3 is 4.90 Å². The fraction of sp³-hybridized carbons (Fsp3) is 1.00. The first kappa shape index (κ1) is 24.0. The molecule has 1 saturated heterocycles. The molecule has 2 saturated carbocycles. The SMILES string of the molecule is CN1C2CCCCCCCCCCC(CC2)SC2CCCCCCCCC1CC2. The van der Waals surface area contributed by atoms with Crippen molar-refractivity contribution in [1.29, 1.82) is 0 Å². The van der Waals surface area contributed by atoms with Gasteiger partial charge in [0.1, 0.15) is 0 Å². The average Bonchev–Trinajstić information content (AvgIpc) is 2.72. The van der Waals surface area contributed by atoms with Gasteiger partial charge in [-0.2, -0.15) is 11.8 Å². The number of fused-ring (bicyclic) bond motifs is 6. The fourth-order valence-corrected chi connectivity index (χ4v) is 7.96. The van der Waals surface area contributed by atoms with Crippen LogP contribution in [-0.2, 0) is 0 Å². The quantitative estimate of drug-likeness (QED) is 0.384. The fourth-order valence-electron chi connectivity index (χ4n) is 6.26. The summed E-state index contributed by atoms with van der Waals surface area (Å²) in [5.74, 6) is 0. The maximum absolute atomic E-state index is 2.90. The molecule has 1 nitrogen and oxygen atoms in total. The van der Waals surface area contributed by atoms with Crippen molar-refractivity contribution in [3.63, 3.8) is 0 Å². The van der Waals surface area contributed by atoms with Crippen molar-refractivity contribution in [3.05, 3.63) is 0 Å². The van der Waals surface area contributed by atoms with Gasteiger partial charge in [-0.25, -0.2) is 0 Å². The third kappa shape index (κ3) is 9.14. The number of thioether (sulfide) groups is 1. The minimum atomic E-state index is 0.857. The molecular weight excluding hydrogens is 370 g/mol. The van der Waals surface area contributed by atoms with Crippen LogP contribution >= 0.6 is 11.8 Å². The van der Waals surface area contributed by atoms with Gasteiger partial charge in [0, 0.05) is 22.6 Å². The third-order valence-electron chi connectivity index (χ3n) is 8.31. The van der Waals surface area contributed by atoms with E-state index in [0.717, 1.165) is 22.6 Å². The summed E-state index contributed by atoms with van der Waals surface area (Å²) in [7, 11) is 2.52. The van der Waals surface area contributed by atoms with Gasteiger partial charge in [-0.1, -0.05) is 89.9 Å². The van der Waals surface area contributed by atoms with E-state index in [4.69, 9.17) is 0 Å². The topological polar surface area (TPSA) is 3.24 Å². The van der Waals surface area contributed by atoms with E-state index in [2.05, 4.69) is 23.7 Å². The van der Waals surface area contributed by atoms with Crippen molar-refractivity contribution in [3.8, 4) is 0 Å². The minimum Gasteiger partial charge on any atom is -0.300 e. The lowest BCUT2D eigenvalue weighted by molar-refractivity contribution is 0.130. The molecule has 29 heavy (non-hydrogen) atoms. The lowest BCUT2D eigenvalue weighted by Gasteiger charge is -2.39. The van der Waals surface area contributed by atoms with Crippen LogP contribution in [0.4, 0.5) is 0 Å². The van der Waals surface area contributed by atoms with E-state index in [1.165, 1.54) is 141 Å². The molecule has 2 aliphatic carbocycles. The van der Waals surface area contributed by atoms with Crippen LogP contribution < -0.4 is 0 Å². The van der Waals surface area contributed by atoms with Gasteiger partial charge in [0.05, 0.1) is 0 Å². The summed E-state index contributed by atoms with van der Waals surface area (Å²) in [6.07, 6.45) is 32.7. The number of nitrogens with zero attached hydrogens (tertiary/aromatic N) is 1. The normalized spacial score (nSPS) is 35.9. The Morgan fingerprint density at radius 2 is 0.759 bits per heavy atom. The Balaban J connectivity index is 1.71. The Morgan fingerprint density at radius 3 is 1.17 bits per heavy atom. The van der Waals surface area contributed by atoms with Crippen LogP contribution in [0.1, 0.15) is 141 Å². The third-order valence-corrected chi connectivity index (χ3v) is 10.0. The van der Waals surface area contributed by atoms with E-state index < -0.39 is 0 Å². The summed E-state index contributed by atoms with van der Waals surface area (Å²) >= 11 is 2.46. The van der Waals surface area contributed by atoms with E-state index in [1.807, 2.05) is 0 Å². The molecule has 0 aromatic carbocycles. The Labute approximate surface area is 187 Å². The smallest absolute Gasteiger partial charge is 0.00955 e. The largest absolute Gasteiger partial charge is 0.300 e. The maximum Gasteiger partial charge on any atom is 0.00955 e. The molecule has 170 valence electrons. The predicted octanol–water partition coefficient (Wildman–Crippen LogP) is 8.75. The Kier molecular flexibility index (Phi) is 11.9. The number of rotatable bonds is 0. The highest BCUT2D eigenvalue weighted by Gasteiger charge is 2.28. The van der Waals surface area contributed by atoms with Gasteiger partial charge in [0.2, 0.25) is 0 Å². The first-order chi connectivity index (χ1) is 14.3. The van der Waals surface area contributed by atoms with Crippen LogP contribution in [0.2, 0.25) is 0 Å². The predicted molar refractivity (Wildman–Crippen MR) is 132 cm³/mol. The summed E-state index contributed by atoms with van der Waals surface area (Å²) < 4.78 is 0. The highest BCUT2D eigenvalue weighted by Crippen LogP contribution is 2.36. The van der Waals surface area contributed by atoms with E-state index in [9.17, 15) is 0 Å². The second kappa shape index (κ2) is 14.4. The number of hydrogen-bond donors (Lipinski definition) is 0. The second-order valence-electron chi connectivity index (χ2n) is 10.6. The zero-order chi connectivity index (χ0) is 20.2. The van der Waals surface area contributed by atoms with Crippen LogP contribution in [0, 0.1) is 0 Å². The van der Waals surface area contributed by atoms with Gasteiger partial charge >= 0.3 is 0 Å². The molecule has 0 radical (unpaired) electrons. The van der Waals surface area contributed by atoms with Crippen molar-refractivity contribution in [2.24, 2.45) is 0 Å². The summed E-state index contributed by atoms with van der Waals surface area (Å²) in [4.78, 5) is 2.90. The second-order valence-corrected chi connectivity index (χ2v) is 12.2. The van der Waals surface area contributed by atoms with Crippen LogP contribution in [0.5, 0.6) is 0 Å². The van der Waals surface area contributed by atoms with E-state index >= 15 is 0 Å². The van der Waals surface area contributed by atoms with E-state index in [0.29, 0.717) is 0 Å². The molecule has 3 rings (SSSR count). The monoisotopic (exact) mass is 421 g/mol. The first-order valence-corrected chi connectivity index (χ1v) is 14.6. The van der Waals surface area contributed by atoms with Crippen molar-refractivity contribution < 1.29 is 0 Å². The van der Waals surface area contributed by atoms with E-state index in [1.54, 1.807) is 0 Å². The molecular formula is C27H51NS. The Bertz CT molecular complexity index is 411. The van der Waals surface area contributed by atoms with Gasteiger partial charge in [0.15, 0.2) is 0 Å². The molecule has 3 aliphatic rings. The van der Waals surface area contributed by atoms with Crippen LogP contribution in [-0.4, -0.2) is 34.5 Å². The average molecular weight is 422 g/mol. The zero-order valence-corrected chi connectivity index (χ0v) is 20.5. The minimum absolute atomic E-state index is 0.857. The summed E-state index contributed by atoms with van der Waals surface area (Å²) in [5.41, 5.74) is 0. The van der Waals surface area contributed by atoms with Gasteiger partial charge in [-0.15, -0.1) is 0 Å². The summed E-state index contributed by atoms with van der Waals surface area (Å²) in [6.45, 7) is 0. The highest BCUT2D eigenvalue weighted by molar-refractivity contribution is 8.00. The van der Waals surface area contributed by atoms with Crippen LogP contribution in [0.25, 0.3) is 0 Å². The molecule has 0 spiro atoms. The number of hydrogen-bond acceptors (Lipinski definition) is 2. The van der Waals surface area contributed by atoms with Crippen LogP contribution in [0.15, 0.2) is 0 Å². The lowest BCUT2D eigenvalue weighted by atomic mass is 9.92. The maximum atomic E-state index is 2.90. The molecule has 3 fully saturated rings. The molecule has 0 amide bonds. The molecule has 4 bridgehead atoms. The standard InChI is InChI=1S/C27H51NS/c1-28-24-16-12-8-4-2-3-5-10-14-18-26(22-20-24)29-27-19-15-11-7-6-9-13-17-25(28)21-23-27/h24-27H,2-23H2,1H3. The molecule has 0 N–H and O–H groups in total. The molecule has 2 heteroatoms. The van der Waals surface area contributed by atoms with Crippen molar-refractivity contribution in [1.82, 2.24) is 4.90 Å². The Morgan fingerprint density at radius 1 is 0.414 bits per heavy atom.